The Morgan fingerprint density at radius 3 is 2.53 bits per heavy atom. The summed E-state index contributed by atoms with van der Waals surface area (Å²) in [7, 11) is 0. The van der Waals surface area contributed by atoms with Crippen molar-refractivity contribution in [1.29, 1.82) is 0 Å². The lowest BCUT2D eigenvalue weighted by Gasteiger charge is -2.27. The largest absolute Gasteiger partial charge is 0.214 e. The van der Waals surface area contributed by atoms with E-state index in [1.165, 1.54) is 37.1 Å². The molecule has 1 aromatic rings. The van der Waals surface area contributed by atoms with Crippen molar-refractivity contribution >= 4 is 34.1 Å². The molecule has 1 aliphatic rings. The third-order valence-corrected chi connectivity index (χ3v) is 4.99. The summed E-state index contributed by atoms with van der Waals surface area (Å²) in [6, 6.07) is 0. The Bertz CT molecular complexity index is 329. The molecule has 1 saturated carbocycles. The van der Waals surface area contributed by atoms with E-state index in [9.17, 15) is 0 Å². The summed E-state index contributed by atoms with van der Waals surface area (Å²) in [5, 5.41) is 1.29. The average Bonchev–Trinajstić information content (AvgIpc) is 2.73. The van der Waals surface area contributed by atoms with Gasteiger partial charge in [0.15, 0.2) is 0 Å². The normalized spacial score (nSPS) is 20.0. The van der Waals surface area contributed by atoms with Gasteiger partial charge in [-0.1, -0.05) is 26.7 Å². The number of halogens is 1. The number of hydrogen-bond donors (Lipinski definition) is 0. The molecule has 0 aromatic carbocycles. The van der Waals surface area contributed by atoms with E-state index in [0.717, 1.165) is 9.75 Å². The van der Waals surface area contributed by atoms with Crippen molar-refractivity contribution < 1.29 is 0 Å². The Kier molecular flexibility index (Phi) is 3.65. The van der Waals surface area contributed by atoms with E-state index in [4.69, 9.17) is 0 Å². The van der Waals surface area contributed by atoms with Gasteiger partial charge in [-0.05, 0) is 36.7 Å². The van der Waals surface area contributed by atoms with Crippen LogP contribution >= 0.6 is 34.1 Å². The molecule has 0 radical (unpaired) electrons. The maximum Gasteiger partial charge on any atom is 0.203 e. The van der Waals surface area contributed by atoms with Gasteiger partial charge in [0.25, 0.3) is 0 Å². The van der Waals surface area contributed by atoms with Gasteiger partial charge in [0.1, 0.15) is 5.01 Å². The summed E-state index contributed by atoms with van der Waals surface area (Å²) in [6.07, 6.45) is 6.64. The molecular formula is C11H17IN2S. The monoisotopic (exact) mass is 336 g/mol. The molecule has 2 rings (SSSR count). The van der Waals surface area contributed by atoms with Crippen LogP contribution in [0.2, 0.25) is 0 Å². The summed E-state index contributed by atoms with van der Waals surface area (Å²) in [5.41, 5.74) is 0.370. The Morgan fingerprint density at radius 1 is 1.40 bits per heavy atom. The molecule has 1 fully saturated rings. The summed E-state index contributed by atoms with van der Waals surface area (Å²) in [4.78, 5) is 4.61. The summed E-state index contributed by atoms with van der Waals surface area (Å²) >= 11 is 3.83. The lowest BCUT2D eigenvalue weighted by atomic mass is 9.79. The molecule has 15 heavy (non-hydrogen) atoms. The fourth-order valence-corrected chi connectivity index (χ4v) is 4.27. The summed E-state index contributed by atoms with van der Waals surface area (Å²) in [5.74, 6) is 0.754. The molecule has 0 atom stereocenters. The predicted octanol–water partition coefficient (Wildman–Crippen LogP) is 4.00. The van der Waals surface area contributed by atoms with Crippen molar-refractivity contribution in [1.82, 2.24) is 9.36 Å². The molecule has 1 aliphatic carbocycles. The highest BCUT2D eigenvalue weighted by atomic mass is 127. The van der Waals surface area contributed by atoms with E-state index in [0.29, 0.717) is 5.41 Å². The van der Waals surface area contributed by atoms with Gasteiger partial charge >= 0.3 is 0 Å². The third-order valence-electron chi connectivity index (χ3n) is 3.21. The van der Waals surface area contributed by atoms with Crippen LogP contribution in [0.4, 0.5) is 0 Å². The van der Waals surface area contributed by atoms with Crippen LogP contribution < -0.4 is 0 Å². The minimum Gasteiger partial charge on any atom is -0.214 e. The van der Waals surface area contributed by atoms with E-state index in [1.807, 2.05) is 0 Å². The first kappa shape index (κ1) is 11.8. The zero-order chi connectivity index (χ0) is 10.9. The predicted molar refractivity (Wildman–Crippen MR) is 72.2 cm³/mol. The van der Waals surface area contributed by atoms with Crippen molar-refractivity contribution in [3.63, 3.8) is 0 Å². The lowest BCUT2D eigenvalue weighted by molar-refractivity contribution is 0.345. The molecule has 0 spiro atoms. The van der Waals surface area contributed by atoms with Gasteiger partial charge in [-0.3, -0.25) is 0 Å². The first-order valence-corrected chi connectivity index (χ1v) is 7.47. The second kappa shape index (κ2) is 4.65. The Balaban J connectivity index is 2.26. The zero-order valence-electron chi connectivity index (χ0n) is 9.29. The van der Waals surface area contributed by atoms with Crippen LogP contribution in [0.5, 0.6) is 0 Å². The lowest BCUT2D eigenvalue weighted by Crippen LogP contribution is -2.24. The van der Waals surface area contributed by atoms with Gasteiger partial charge in [-0.15, -0.1) is 0 Å². The van der Waals surface area contributed by atoms with Crippen molar-refractivity contribution in [3.8, 4) is 0 Å². The molecule has 4 heteroatoms. The Morgan fingerprint density at radius 2 is 2.07 bits per heavy atom. The smallest absolute Gasteiger partial charge is 0.203 e. The van der Waals surface area contributed by atoms with Crippen molar-refractivity contribution in [3.05, 3.63) is 8.84 Å². The summed E-state index contributed by atoms with van der Waals surface area (Å²) in [6.45, 7) is 4.62. The molecule has 84 valence electrons. The topological polar surface area (TPSA) is 25.8 Å². The van der Waals surface area contributed by atoms with Gasteiger partial charge in [0.2, 0.25) is 3.83 Å². The minimum atomic E-state index is 0.370. The minimum absolute atomic E-state index is 0.370. The van der Waals surface area contributed by atoms with Crippen molar-refractivity contribution in [2.24, 2.45) is 5.92 Å². The highest BCUT2D eigenvalue weighted by molar-refractivity contribution is 14.1. The number of hydrogen-bond acceptors (Lipinski definition) is 3. The zero-order valence-corrected chi connectivity index (χ0v) is 12.3. The summed E-state index contributed by atoms with van der Waals surface area (Å²) < 4.78 is 5.25. The van der Waals surface area contributed by atoms with Gasteiger partial charge < -0.3 is 0 Å². The van der Waals surface area contributed by atoms with E-state index in [1.54, 1.807) is 11.5 Å². The molecule has 0 amide bonds. The van der Waals surface area contributed by atoms with E-state index < -0.39 is 0 Å². The first-order valence-electron chi connectivity index (χ1n) is 5.62. The molecule has 2 nitrogen and oxygen atoms in total. The highest BCUT2D eigenvalue weighted by Gasteiger charge is 2.38. The van der Waals surface area contributed by atoms with Crippen LogP contribution in [0.25, 0.3) is 0 Å². The van der Waals surface area contributed by atoms with Gasteiger partial charge in [-0.2, -0.15) is 4.37 Å². The van der Waals surface area contributed by atoms with Gasteiger partial charge in [0, 0.05) is 28.0 Å². The third kappa shape index (κ3) is 2.52. The SMILES string of the molecule is CC(C)CC1(c2nc(I)ns2)CCCC1. The molecule has 0 bridgehead atoms. The van der Waals surface area contributed by atoms with Crippen molar-refractivity contribution in [2.45, 2.75) is 51.4 Å². The maximum atomic E-state index is 4.61. The fraction of sp³-hybridized carbons (Fsp3) is 0.818. The Hall–Kier alpha value is 0.290. The Labute approximate surface area is 109 Å². The molecule has 0 unspecified atom stereocenters. The second-order valence-electron chi connectivity index (χ2n) is 4.95. The second-order valence-corrected chi connectivity index (χ2v) is 6.67. The van der Waals surface area contributed by atoms with Crippen LogP contribution in [0.1, 0.15) is 51.0 Å². The van der Waals surface area contributed by atoms with Crippen LogP contribution in [0.3, 0.4) is 0 Å². The molecule has 1 heterocycles. The van der Waals surface area contributed by atoms with Crippen LogP contribution in [-0.4, -0.2) is 9.36 Å². The van der Waals surface area contributed by atoms with Gasteiger partial charge in [0.05, 0.1) is 0 Å². The maximum absolute atomic E-state index is 4.61. The standard InChI is InChI=1S/C11H17IN2S/c1-8(2)7-11(5-3-4-6-11)9-13-10(12)14-15-9/h8H,3-7H2,1-2H3. The fourth-order valence-electron chi connectivity index (χ4n) is 2.76. The van der Waals surface area contributed by atoms with E-state index in [-0.39, 0.29) is 0 Å². The molecule has 0 saturated heterocycles. The first-order chi connectivity index (χ1) is 7.12. The van der Waals surface area contributed by atoms with Crippen LogP contribution in [0, 0.1) is 9.75 Å². The van der Waals surface area contributed by atoms with Crippen LogP contribution in [0.15, 0.2) is 0 Å². The number of nitrogens with zero attached hydrogens (tertiary/aromatic N) is 2. The quantitative estimate of drug-likeness (QED) is 0.780. The van der Waals surface area contributed by atoms with Crippen LogP contribution in [-0.2, 0) is 5.41 Å². The average molecular weight is 336 g/mol. The van der Waals surface area contributed by atoms with Gasteiger partial charge in [-0.25, -0.2) is 4.98 Å². The molecular weight excluding hydrogens is 319 g/mol. The van der Waals surface area contributed by atoms with Crippen molar-refractivity contribution in [2.75, 3.05) is 0 Å². The molecule has 0 aliphatic heterocycles. The highest BCUT2D eigenvalue weighted by Crippen LogP contribution is 2.46. The number of rotatable bonds is 3. The van der Waals surface area contributed by atoms with E-state index in [2.05, 4.69) is 45.8 Å². The number of aromatic nitrogens is 2. The van der Waals surface area contributed by atoms with E-state index >= 15 is 0 Å². The molecule has 1 aromatic heterocycles. The molecule has 0 N–H and O–H groups in total.